The van der Waals surface area contributed by atoms with Crippen LogP contribution in [0.5, 0.6) is 0 Å². The molecule has 5 nitrogen and oxygen atoms in total. The number of amides is 2. The largest absolute Gasteiger partial charge is 0.447 e. The molecular formula is C19H19ClN2O3. The number of benzene rings is 2. The Bertz CT molecular complexity index is 803. The summed E-state index contributed by atoms with van der Waals surface area (Å²) in [7, 11) is 0. The summed E-state index contributed by atoms with van der Waals surface area (Å²) >= 11 is 5.92. The molecule has 1 aliphatic rings. The average Bonchev–Trinajstić information content (AvgIpc) is 3.01. The lowest BCUT2D eigenvalue weighted by Crippen LogP contribution is -2.34. The van der Waals surface area contributed by atoms with Crippen molar-refractivity contribution in [2.75, 3.05) is 23.4 Å². The fourth-order valence-electron chi connectivity index (χ4n) is 2.66. The van der Waals surface area contributed by atoms with Crippen molar-refractivity contribution in [3.8, 4) is 0 Å². The molecule has 0 unspecified atom stereocenters. The van der Waals surface area contributed by atoms with Gasteiger partial charge in [0.05, 0.1) is 12.0 Å². The first-order valence-corrected chi connectivity index (χ1v) is 8.37. The lowest BCUT2D eigenvalue weighted by atomic mass is 9.83. The maximum Gasteiger partial charge on any atom is 0.414 e. The van der Waals surface area contributed by atoms with E-state index in [0.717, 1.165) is 5.56 Å². The predicted molar refractivity (Wildman–Crippen MR) is 98.2 cm³/mol. The first-order valence-electron chi connectivity index (χ1n) is 8.00. The molecule has 3 rings (SSSR count). The molecule has 0 aromatic heterocycles. The molecule has 0 atom stereocenters. The third-order valence-electron chi connectivity index (χ3n) is 4.31. The number of ether oxygens (including phenoxy) is 1. The standard InChI is InChI=1S/C19H19ClN2O3/c1-19(2,13-6-8-14(20)9-7-13)17(23)21-15-4-3-5-16(12-15)22-10-11-25-18(22)24/h3-9,12H,10-11H2,1-2H3,(H,21,23). The molecule has 0 aliphatic carbocycles. The molecule has 2 aromatic rings. The molecule has 0 spiro atoms. The van der Waals surface area contributed by atoms with Crippen molar-refractivity contribution in [1.82, 2.24) is 0 Å². The molecule has 0 radical (unpaired) electrons. The van der Waals surface area contributed by atoms with E-state index in [2.05, 4.69) is 5.32 Å². The molecule has 0 saturated carbocycles. The lowest BCUT2D eigenvalue weighted by molar-refractivity contribution is -0.120. The lowest BCUT2D eigenvalue weighted by Gasteiger charge is -2.24. The maximum absolute atomic E-state index is 12.8. The fraction of sp³-hybridized carbons (Fsp3) is 0.263. The summed E-state index contributed by atoms with van der Waals surface area (Å²) in [5.41, 5.74) is 1.47. The first kappa shape index (κ1) is 17.3. The number of hydrogen-bond donors (Lipinski definition) is 1. The Morgan fingerprint density at radius 3 is 2.56 bits per heavy atom. The van der Waals surface area contributed by atoms with Crippen LogP contribution in [0.15, 0.2) is 48.5 Å². The summed E-state index contributed by atoms with van der Waals surface area (Å²) in [5, 5.41) is 3.55. The van der Waals surface area contributed by atoms with E-state index in [1.54, 1.807) is 35.2 Å². The summed E-state index contributed by atoms with van der Waals surface area (Å²) in [5.74, 6) is -0.143. The zero-order valence-corrected chi connectivity index (χ0v) is 14.8. The van der Waals surface area contributed by atoms with E-state index < -0.39 is 5.41 Å². The number of halogens is 1. The number of nitrogens with zero attached hydrogens (tertiary/aromatic N) is 1. The van der Waals surface area contributed by atoms with Crippen LogP contribution >= 0.6 is 11.6 Å². The van der Waals surface area contributed by atoms with Gasteiger partial charge in [-0.2, -0.15) is 0 Å². The van der Waals surface area contributed by atoms with Crippen LogP contribution in [0, 0.1) is 0 Å². The second-order valence-corrected chi connectivity index (χ2v) is 6.84. The minimum atomic E-state index is -0.729. The van der Waals surface area contributed by atoms with Gasteiger partial charge in [0.25, 0.3) is 0 Å². The molecule has 1 fully saturated rings. The van der Waals surface area contributed by atoms with Crippen LogP contribution in [0.4, 0.5) is 16.2 Å². The molecule has 6 heteroatoms. The van der Waals surface area contributed by atoms with Crippen molar-refractivity contribution in [2.45, 2.75) is 19.3 Å². The first-order chi connectivity index (χ1) is 11.9. The van der Waals surface area contributed by atoms with E-state index >= 15 is 0 Å². The van der Waals surface area contributed by atoms with Crippen molar-refractivity contribution in [1.29, 1.82) is 0 Å². The number of carbonyl (C=O) groups is 2. The van der Waals surface area contributed by atoms with Gasteiger partial charge in [0.1, 0.15) is 6.61 Å². The minimum Gasteiger partial charge on any atom is -0.447 e. The van der Waals surface area contributed by atoms with E-state index in [4.69, 9.17) is 16.3 Å². The van der Waals surface area contributed by atoms with Crippen LogP contribution in [0.2, 0.25) is 5.02 Å². The van der Waals surface area contributed by atoms with Crippen LogP contribution in [-0.2, 0) is 14.9 Å². The van der Waals surface area contributed by atoms with E-state index in [9.17, 15) is 9.59 Å². The van der Waals surface area contributed by atoms with Gasteiger partial charge < -0.3 is 10.1 Å². The zero-order valence-electron chi connectivity index (χ0n) is 14.1. The van der Waals surface area contributed by atoms with E-state index in [0.29, 0.717) is 29.5 Å². The Morgan fingerprint density at radius 2 is 1.92 bits per heavy atom. The molecule has 0 bridgehead atoms. The van der Waals surface area contributed by atoms with Gasteiger partial charge in [-0.3, -0.25) is 9.69 Å². The summed E-state index contributed by atoms with van der Waals surface area (Å²) in [4.78, 5) is 26.0. The van der Waals surface area contributed by atoms with Gasteiger partial charge in [-0.15, -0.1) is 0 Å². The molecule has 2 amide bonds. The van der Waals surface area contributed by atoms with Gasteiger partial charge >= 0.3 is 6.09 Å². The van der Waals surface area contributed by atoms with Crippen LogP contribution < -0.4 is 10.2 Å². The topological polar surface area (TPSA) is 58.6 Å². The van der Waals surface area contributed by atoms with E-state index in [1.807, 2.05) is 32.0 Å². The molecular weight excluding hydrogens is 340 g/mol. The number of nitrogens with one attached hydrogen (secondary N) is 1. The fourth-order valence-corrected chi connectivity index (χ4v) is 2.79. The van der Waals surface area contributed by atoms with Crippen molar-refractivity contribution in [3.63, 3.8) is 0 Å². The number of carbonyl (C=O) groups excluding carboxylic acids is 2. The van der Waals surface area contributed by atoms with Crippen LogP contribution in [0.1, 0.15) is 19.4 Å². The Morgan fingerprint density at radius 1 is 1.20 bits per heavy atom. The highest BCUT2D eigenvalue weighted by Gasteiger charge is 2.30. The normalized spacial score (nSPS) is 14.4. The Hall–Kier alpha value is -2.53. The molecule has 1 saturated heterocycles. The second kappa shape index (κ2) is 6.76. The highest BCUT2D eigenvalue weighted by Crippen LogP contribution is 2.28. The Labute approximate surface area is 151 Å². The van der Waals surface area contributed by atoms with Gasteiger partial charge in [-0.05, 0) is 49.7 Å². The van der Waals surface area contributed by atoms with Gasteiger partial charge in [-0.25, -0.2) is 4.79 Å². The van der Waals surface area contributed by atoms with Crippen LogP contribution in [-0.4, -0.2) is 25.2 Å². The highest BCUT2D eigenvalue weighted by molar-refractivity contribution is 6.30. The number of anilines is 2. The second-order valence-electron chi connectivity index (χ2n) is 6.40. The summed E-state index contributed by atoms with van der Waals surface area (Å²) in [6.45, 7) is 4.59. The maximum atomic E-state index is 12.8. The molecule has 1 N–H and O–H groups in total. The predicted octanol–water partition coefficient (Wildman–Crippen LogP) is 4.21. The SMILES string of the molecule is CC(C)(C(=O)Nc1cccc(N2CCOC2=O)c1)c1ccc(Cl)cc1. The summed E-state index contributed by atoms with van der Waals surface area (Å²) in [6, 6.07) is 14.4. The van der Waals surface area contributed by atoms with Gasteiger partial charge in [0, 0.05) is 16.4 Å². The third kappa shape index (κ3) is 3.61. The van der Waals surface area contributed by atoms with Crippen molar-refractivity contribution < 1.29 is 14.3 Å². The number of hydrogen-bond acceptors (Lipinski definition) is 3. The van der Waals surface area contributed by atoms with E-state index in [-0.39, 0.29) is 12.0 Å². The minimum absolute atomic E-state index is 0.143. The Kier molecular flexibility index (Phi) is 4.68. The van der Waals surface area contributed by atoms with Gasteiger partial charge in [0.15, 0.2) is 0 Å². The van der Waals surface area contributed by atoms with Crippen molar-refractivity contribution >= 4 is 35.0 Å². The zero-order chi connectivity index (χ0) is 18.0. The Balaban J connectivity index is 1.78. The average molecular weight is 359 g/mol. The smallest absolute Gasteiger partial charge is 0.414 e. The summed E-state index contributed by atoms with van der Waals surface area (Å²) < 4.78 is 4.95. The third-order valence-corrected chi connectivity index (χ3v) is 4.56. The van der Waals surface area contributed by atoms with Gasteiger partial charge in [-0.1, -0.05) is 29.8 Å². The molecule has 1 aliphatic heterocycles. The molecule has 130 valence electrons. The monoisotopic (exact) mass is 358 g/mol. The van der Waals surface area contributed by atoms with Crippen LogP contribution in [0.25, 0.3) is 0 Å². The number of rotatable bonds is 4. The molecule has 25 heavy (non-hydrogen) atoms. The quantitative estimate of drug-likeness (QED) is 0.890. The van der Waals surface area contributed by atoms with Gasteiger partial charge in [0.2, 0.25) is 5.91 Å². The molecule has 1 heterocycles. The van der Waals surface area contributed by atoms with Crippen molar-refractivity contribution in [2.24, 2.45) is 0 Å². The number of cyclic esters (lactones) is 1. The molecule has 2 aromatic carbocycles. The van der Waals surface area contributed by atoms with E-state index in [1.165, 1.54) is 0 Å². The highest BCUT2D eigenvalue weighted by atomic mass is 35.5. The summed E-state index contributed by atoms with van der Waals surface area (Å²) in [6.07, 6.45) is -0.370. The van der Waals surface area contributed by atoms with Crippen LogP contribution in [0.3, 0.4) is 0 Å². The van der Waals surface area contributed by atoms with Crippen molar-refractivity contribution in [3.05, 3.63) is 59.1 Å².